The average molecular weight is 721 g/mol. The SMILES string of the molecule is O=C1N(Cc2ccccc2)[C@H](Cc2ccc(OCc3ccncc3)cc2)[C@H](O)[C@@H](O)[C@@H](Cc2ccc(OCc3ccncc3)cc2)N1Cc1ccccc1. The molecular weight excluding hydrogens is 677 g/mol. The maximum atomic E-state index is 15.0. The van der Waals surface area contributed by atoms with Gasteiger partial charge in [0.2, 0.25) is 0 Å². The summed E-state index contributed by atoms with van der Waals surface area (Å²) in [6.07, 6.45) is 5.12. The summed E-state index contributed by atoms with van der Waals surface area (Å²) in [4.78, 5) is 26.6. The highest BCUT2D eigenvalue weighted by atomic mass is 16.5. The van der Waals surface area contributed by atoms with Gasteiger partial charge in [0.15, 0.2) is 0 Å². The number of aromatic nitrogens is 2. The number of urea groups is 1. The van der Waals surface area contributed by atoms with Crippen LogP contribution in [0.3, 0.4) is 0 Å². The van der Waals surface area contributed by atoms with E-state index < -0.39 is 24.3 Å². The van der Waals surface area contributed by atoms with Gasteiger partial charge in [-0.1, -0.05) is 84.9 Å². The third kappa shape index (κ3) is 9.30. The summed E-state index contributed by atoms with van der Waals surface area (Å²) >= 11 is 0. The first kappa shape index (κ1) is 36.3. The highest BCUT2D eigenvalue weighted by Crippen LogP contribution is 2.31. The molecule has 2 N–H and O–H groups in total. The smallest absolute Gasteiger partial charge is 0.321 e. The molecule has 0 aliphatic carbocycles. The zero-order chi connectivity index (χ0) is 37.1. The van der Waals surface area contributed by atoms with Crippen LogP contribution in [0.5, 0.6) is 11.5 Å². The lowest BCUT2D eigenvalue weighted by Crippen LogP contribution is -2.50. The van der Waals surface area contributed by atoms with Crippen molar-refractivity contribution in [1.82, 2.24) is 19.8 Å². The van der Waals surface area contributed by atoms with Gasteiger partial charge in [0.05, 0.1) is 12.1 Å². The summed E-state index contributed by atoms with van der Waals surface area (Å²) in [5.74, 6) is 1.41. The number of aliphatic hydroxyl groups is 2. The van der Waals surface area contributed by atoms with Crippen LogP contribution in [-0.4, -0.2) is 60.3 Å². The Morgan fingerprint density at radius 2 is 0.833 bits per heavy atom. The van der Waals surface area contributed by atoms with E-state index in [9.17, 15) is 15.0 Å². The Hall–Kier alpha value is -6.03. The zero-order valence-corrected chi connectivity index (χ0v) is 30.0. The summed E-state index contributed by atoms with van der Waals surface area (Å²) < 4.78 is 12.0. The number of nitrogens with zero attached hydrogens (tertiary/aromatic N) is 4. The molecule has 9 nitrogen and oxygen atoms in total. The van der Waals surface area contributed by atoms with Crippen molar-refractivity contribution in [2.24, 2.45) is 0 Å². The maximum Gasteiger partial charge on any atom is 0.321 e. The van der Waals surface area contributed by atoms with Gasteiger partial charge in [-0.25, -0.2) is 4.79 Å². The molecule has 0 spiro atoms. The summed E-state index contributed by atoms with van der Waals surface area (Å²) in [6.45, 7) is 1.36. The predicted octanol–water partition coefficient (Wildman–Crippen LogP) is 7.02. The van der Waals surface area contributed by atoms with Crippen molar-refractivity contribution in [1.29, 1.82) is 0 Å². The molecule has 54 heavy (non-hydrogen) atoms. The highest BCUT2D eigenvalue weighted by Gasteiger charge is 2.46. The number of ether oxygens (including phenoxy) is 2. The van der Waals surface area contributed by atoms with Crippen LogP contribution in [0.25, 0.3) is 0 Å². The third-order valence-electron chi connectivity index (χ3n) is 9.87. The van der Waals surface area contributed by atoms with Crippen molar-refractivity contribution in [2.75, 3.05) is 0 Å². The number of carbonyl (C=O) groups excluding carboxylic acids is 1. The Balaban J connectivity index is 1.16. The van der Waals surface area contributed by atoms with Gasteiger partial charge in [0.1, 0.15) is 36.9 Å². The largest absolute Gasteiger partial charge is 0.489 e. The minimum Gasteiger partial charge on any atom is -0.489 e. The number of carbonyl (C=O) groups is 1. The number of hydrogen-bond donors (Lipinski definition) is 2. The second-order valence-corrected chi connectivity index (χ2v) is 13.6. The van der Waals surface area contributed by atoms with E-state index in [0.717, 1.165) is 33.4 Å². The molecule has 2 amide bonds. The molecule has 6 aromatic rings. The van der Waals surface area contributed by atoms with Gasteiger partial charge in [-0.2, -0.15) is 0 Å². The van der Waals surface area contributed by atoms with Crippen LogP contribution in [0.4, 0.5) is 4.79 Å². The second kappa shape index (κ2) is 17.7. The number of aliphatic hydroxyl groups excluding tert-OH is 2. The van der Waals surface area contributed by atoms with Crippen LogP contribution in [0, 0.1) is 0 Å². The zero-order valence-electron chi connectivity index (χ0n) is 30.0. The van der Waals surface area contributed by atoms with E-state index >= 15 is 0 Å². The molecule has 3 heterocycles. The van der Waals surface area contributed by atoms with E-state index in [1.165, 1.54) is 0 Å². The number of hydrogen-bond acceptors (Lipinski definition) is 7. The first-order valence-corrected chi connectivity index (χ1v) is 18.2. The van der Waals surface area contributed by atoms with Crippen LogP contribution >= 0.6 is 0 Å². The van der Waals surface area contributed by atoms with Gasteiger partial charge in [0, 0.05) is 37.9 Å². The monoisotopic (exact) mass is 720 g/mol. The maximum absolute atomic E-state index is 15.0. The number of rotatable bonds is 14. The number of pyridine rings is 2. The first-order chi connectivity index (χ1) is 26.5. The number of amides is 2. The standard InChI is InChI=1S/C45H44N4O5/c50-43-41(27-33-11-15-39(16-12-33)53-31-37-19-23-46-24-20-37)48(29-35-7-3-1-4-8-35)45(52)49(30-36-9-5-2-6-10-36)42(44(43)51)28-34-13-17-40(18-14-34)54-32-38-21-25-47-26-22-38/h1-26,41-44,50-51H,27-32H2/t41-,42-,43+,44+/m1/s1. The molecule has 9 heteroatoms. The molecule has 274 valence electrons. The van der Waals surface area contributed by atoms with Gasteiger partial charge >= 0.3 is 6.03 Å². The minimum atomic E-state index is -1.24. The fourth-order valence-electron chi connectivity index (χ4n) is 6.88. The highest BCUT2D eigenvalue weighted by molar-refractivity contribution is 5.76. The minimum absolute atomic E-state index is 0.247. The molecule has 4 atom stereocenters. The molecule has 1 aliphatic heterocycles. The fraction of sp³-hybridized carbons (Fsp3) is 0.222. The quantitative estimate of drug-likeness (QED) is 0.125. The van der Waals surface area contributed by atoms with E-state index in [4.69, 9.17) is 9.47 Å². The van der Waals surface area contributed by atoms with E-state index in [1.54, 1.807) is 34.6 Å². The van der Waals surface area contributed by atoms with E-state index in [-0.39, 0.29) is 19.1 Å². The van der Waals surface area contributed by atoms with Gasteiger partial charge in [-0.15, -0.1) is 0 Å². The van der Waals surface area contributed by atoms with Crippen molar-refractivity contribution in [3.05, 3.63) is 192 Å². The Kier molecular flexibility index (Phi) is 11.9. The van der Waals surface area contributed by atoms with E-state index in [1.807, 2.05) is 133 Å². The molecule has 4 aromatic carbocycles. The molecule has 0 bridgehead atoms. The Morgan fingerprint density at radius 1 is 0.463 bits per heavy atom. The van der Waals surface area contributed by atoms with Crippen molar-refractivity contribution < 1.29 is 24.5 Å². The molecule has 0 unspecified atom stereocenters. The average Bonchev–Trinajstić information content (AvgIpc) is 3.28. The van der Waals surface area contributed by atoms with E-state index in [0.29, 0.717) is 37.6 Å². The fourth-order valence-corrected chi connectivity index (χ4v) is 6.88. The molecule has 1 aliphatic rings. The number of benzene rings is 4. The first-order valence-electron chi connectivity index (χ1n) is 18.2. The molecule has 1 saturated heterocycles. The Labute approximate surface area is 316 Å². The lowest BCUT2D eigenvalue weighted by Gasteiger charge is -2.36. The lowest BCUT2D eigenvalue weighted by molar-refractivity contribution is -0.0408. The van der Waals surface area contributed by atoms with Crippen LogP contribution in [-0.2, 0) is 39.1 Å². The van der Waals surface area contributed by atoms with Crippen molar-refractivity contribution in [2.45, 2.75) is 63.4 Å². The summed E-state index contributed by atoms with van der Waals surface area (Å²) in [7, 11) is 0. The molecule has 0 saturated carbocycles. The molecule has 1 fully saturated rings. The van der Waals surface area contributed by atoms with Gasteiger partial charge in [-0.3, -0.25) is 9.97 Å². The van der Waals surface area contributed by atoms with Gasteiger partial charge in [-0.05, 0) is 94.8 Å². The Morgan fingerprint density at radius 3 is 1.20 bits per heavy atom. The summed E-state index contributed by atoms with van der Waals surface area (Å²) in [5, 5.41) is 24.3. The molecular formula is C45H44N4O5. The van der Waals surface area contributed by atoms with Crippen molar-refractivity contribution in [3.8, 4) is 11.5 Å². The summed E-state index contributed by atoms with van der Waals surface area (Å²) in [5.41, 5.74) is 5.70. The van der Waals surface area contributed by atoms with Crippen LogP contribution in [0.15, 0.2) is 158 Å². The third-order valence-corrected chi connectivity index (χ3v) is 9.87. The molecule has 7 rings (SSSR count). The normalized spacial score (nSPS) is 18.6. The second-order valence-electron chi connectivity index (χ2n) is 13.6. The predicted molar refractivity (Wildman–Crippen MR) is 206 cm³/mol. The lowest BCUT2D eigenvalue weighted by atomic mass is 9.90. The van der Waals surface area contributed by atoms with Crippen LogP contribution in [0.1, 0.15) is 33.4 Å². The van der Waals surface area contributed by atoms with E-state index in [2.05, 4.69) is 9.97 Å². The van der Waals surface area contributed by atoms with Crippen LogP contribution in [0.2, 0.25) is 0 Å². The van der Waals surface area contributed by atoms with Gasteiger partial charge in [0.25, 0.3) is 0 Å². The topological polar surface area (TPSA) is 108 Å². The van der Waals surface area contributed by atoms with Crippen LogP contribution < -0.4 is 9.47 Å². The summed E-state index contributed by atoms with van der Waals surface area (Å²) in [6, 6.07) is 40.9. The van der Waals surface area contributed by atoms with Gasteiger partial charge < -0.3 is 29.5 Å². The molecule has 2 aromatic heterocycles. The van der Waals surface area contributed by atoms with Crippen molar-refractivity contribution in [3.63, 3.8) is 0 Å². The molecule has 0 radical (unpaired) electrons. The van der Waals surface area contributed by atoms with Crippen molar-refractivity contribution >= 4 is 6.03 Å². The Bertz CT molecular complexity index is 1890.